The number of anilines is 1. The minimum absolute atomic E-state index is 0.0461. The quantitative estimate of drug-likeness (QED) is 0.187. The van der Waals surface area contributed by atoms with Gasteiger partial charge in [0.2, 0.25) is 15.9 Å². The molecule has 4 rings (SSSR count). The van der Waals surface area contributed by atoms with Crippen molar-refractivity contribution in [2.45, 2.75) is 50.5 Å². The Balaban J connectivity index is 0.000000232. The molecule has 0 saturated carbocycles. The molecule has 0 bridgehead atoms. The summed E-state index contributed by atoms with van der Waals surface area (Å²) in [5.41, 5.74) is 8.62. The summed E-state index contributed by atoms with van der Waals surface area (Å²) >= 11 is 0. The largest absolute Gasteiger partial charge is 0.493 e. The molecule has 2 aromatic rings. The topological polar surface area (TPSA) is 158 Å². The van der Waals surface area contributed by atoms with Gasteiger partial charge in [-0.15, -0.1) is 0 Å². The summed E-state index contributed by atoms with van der Waals surface area (Å²) in [5.74, 6) is 1.40. The molecule has 2 aliphatic heterocycles. The highest BCUT2D eigenvalue weighted by atomic mass is 32.2. The van der Waals surface area contributed by atoms with Gasteiger partial charge >= 0.3 is 0 Å². The molecule has 0 aromatic heterocycles. The number of likely N-dealkylation sites (tertiary alicyclic amines) is 1. The molecule has 224 valence electrons. The molecule has 2 heterocycles. The van der Waals surface area contributed by atoms with Crippen molar-refractivity contribution in [2.75, 3.05) is 44.7 Å². The van der Waals surface area contributed by atoms with E-state index in [-0.39, 0.29) is 16.8 Å². The number of nitrogens with zero attached hydrogens (tertiary/aromatic N) is 2. The van der Waals surface area contributed by atoms with Crippen LogP contribution in [0.4, 0.5) is 5.69 Å². The van der Waals surface area contributed by atoms with Crippen LogP contribution in [0.1, 0.15) is 37.3 Å². The van der Waals surface area contributed by atoms with Crippen molar-refractivity contribution in [3.8, 4) is 5.75 Å². The molecule has 1 saturated heterocycles. The third-order valence-electron chi connectivity index (χ3n) is 7.33. The number of benzene rings is 2. The molecule has 0 spiro atoms. The second-order valence-corrected chi connectivity index (χ2v) is 12.1. The standard InChI is InChI=1S/C17H27N5O.C12H15NO4S/c1-13-5-3-4-6-15(13)21(2)12-16(23)20-11-14-7-9-22(10-8-14)17(18)19;1-2-10(8-14)13-18(15,16)11-3-4-12-9(7-11)5-6-17-12/h3-6,14H,7-12H2,1-2H3,(H3,18,19)(H,20,23);3-4,7-8,10,13H,2,5-6H2,1H3/t;10-/m.0/s1. The fraction of sp³-hybridized carbons (Fsp3) is 0.483. The predicted octanol–water partition coefficient (Wildman–Crippen LogP) is 2.03. The highest BCUT2D eigenvalue weighted by molar-refractivity contribution is 7.89. The number of carbonyl (C=O) groups excluding carboxylic acids is 2. The van der Waals surface area contributed by atoms with Crippen LogP contribution in [-0.2, 0) is 26.0 Å². The van der Waals surface area contributed by atoms with Crippen LogP contribution in [0.3, 0.4) is 0 Å². The molecule has 1 fully saturated rings. The Morgan fingerprint density at radius 3 is 2.59 bits per heavy atom. The number of likely N-dealkylation sites (N-methyl/N-ethyl adjacent to an activating group) is 1. The number of fused-ring (bicyclic) bond motifs is 1. The molecule has 11 nitrogen and oxygen atoms in total. The minimum atomic E-state index is -3.64. The molecule has 2 aliphatic rings. The Morgan fingerprint density at radius 1 is 1.24 bits per heavy atom. The summed E-state index contributed by atoms with van der Waals surface area (Å²) in [4.78, 5) is 26.8. The van der Waals surface area contributed by atoms with Gasteiger partial charge in [0.1, 0.15) is 12.0 Å². The summed E-state index contributed by atoms with van der Waals surface area (Å²) in [6, 6.07) is 12.1. The number of ether oxygens (including phenoxy) is 1. The molecule has 41 heavy (non-hydrogen) atoms. The fourth-order valence-corrected chi connectivity index (χ4v) is 6.09. The van der Waals surface area contributed by atoms with Gasteiger partial charge in [0, 0.05) is 38.8 Å². The molecule has 1 amide bonds. The average Bonchev–Trinajstić information content (AvgIpc) is 3.44. The number of aryl methyl sites for hydroxylation is 1. The molecule has 2 aromatic carbocycles. The van der Waals surface area contributed by atoms with E-state index in [4.69, 9.17) is 15.9 Å². The molecule has 0 aliphatic carbocycles. The van der Waals surface area contributed by atoms with Crippen LogP contribution >= 0.6 is 0 Å². The van der Waals surface area contributed by atoms with Crippen molar-refractivity contribution in [1.29, 1.82) is 5.41 Å². The van der Waals surface area contributed by atoms with Gasteiger partial charge in [-0.3, -0.25) is 10.2 Å². The van der Waals surface area contributed by atoms with Gasteiger partial charge in [-0.2, -0.15) is 0 Å². The number of nitrogens with one attached hydrogen (secondary N) is 3. The first-order chi connectivity index (χ1) is 19.5. The number of piperidine rings is 1. The molecule has 0 unspecified atom stereocenters. The number of guanidine groups is 1. The minimum Gasteiger partial charge on any atom is -0.493 e. The summed E-state index contributed by atoms with van der Waals surface area (Å²) < 4.78 is 31.8. The normalized spacial score (nSPS) is 15.5. The summed E-state index contributed by atoms with van der Waals surface area (Å²) in [7, 11) is -1.70. The molecule has 5 N–H and O–H groups in total. The summed E-state index contributed by atoms with van der Waals surface area (Å²) in [6.07, 6.45) is 3.68. The average molecular weight is 587 g/mol. The number of hydrogen-bond acceptors (Lipinski definition) is 7. The third-order valence-corrected chi connectivity index (χ3v) is 8.82. The van der Waals surface area contributed by atoms with E-state index in [1.54, 1.807) is 19.1 Å². The summed E-state index contributed by atoms with van der Waals surface area (Å²) in [5, 5.41) is 10.5. The number of para-hydroxylation sites is 1. The number of sulfonamides is 1. The van der Waals surface area contributed by atoms with Crippen LogP contribution in [-0.4, -0.2) is 77.3 Å². The molecule has 1 atom stereocenters. The van der Waals surface area contributed by atoms with Crippen molar-refractivity contribution in [3.63, 3.8) is 0 Å². The van der Waals surface area contributed by atoms with Crippen LogP contribution < -0.4 is 25.4 Å². The van der Waals surface area contributed by atoms with E-state index < -0.39 is 16.1 Å². The van der Waals surface area contributed by atoms with Crippen LogP contribution in [0.2, 0.25) is 0 Å². The SMILES string of the molecule is CC[C@@H](C=O)NS(=O)(=O)c1ccc2c(c1)CCO2.Cc1ccccc1N(C)CC(=O)NCC1CCN(C(=N)N)CC1. The predicted molar refractivity (Wildman–Crippen MR) is 160 cm³/mol. The van der Waals surface area contributed by atoms with Crippen molar-refractivity contribution < 1.29 is 22.7 Å². The second-order valence-electron chi connectivity index (χ2n) is 10.4. The van der Waals surface area contributed by atoms with Crippen LogP contribution in [0.5, 0.6) is 5.75 Å². The van der Waals surface area contributed by atoms with E-state index >= 15 is 0 Å². The van der Waals surface area contributed by atoms with Crippen molar-refractivity contribution in [3.05, 3.63) is 53.6 Å². The number of hydrogen-bond donors (Lipinski definition) is 4. The van der Waals surface area contributed by atoms with E-state index in [1.807, 2.05) is 48.0 Å². The zero-order valence-electron chi connectivity index (χ0n) is 24.1. The Bertz CT molecular complexity index is 1310. The smallest absolute Gasteiger partial charge is 0.241 e. The van der Waals surface area contributed by atoms with E-state index in [2.05, 4.69) is 10.0 Å². The monoisotopic (exact) mass is 586 g/mol. The lowest BCUT2D eigenvalue weighted by atomic mass is 9.97. The Kier molecular flexibility index (Phi) is 11.5. The van der Waals surface area contributed by atoms with E-state index in [0.717, 1.165) is 42.9 Å². The fourth-order valence-electron chi connectivity index (χ4n) is 4.79. The van der Waals surface area contributed by atoms with Crippen LogP contribution in [0.15, 0.2) is 47.4 Å². The number of amides is 1. The van der Waals surface area contributed by atoms with Crippen molar-refractivity contribution >= 4 is 33.9 Å². The van der Waals surface area contributed by atoms with Crippen molar-refractivity contribution in [1.82, 2.24) is 14.9 Å². The van der Waals surface area contributed by atoms with Gasteiger partial charge in [-0.05, 0) is 67.5 Å². The molecular formula is C29H42N6O5S. The number of aldehydes is 1. The first-order valence-corrected chi connectivity index (χ1v) is 15.4. The highest BCUT2D eigenvalue weighted by Crippen LogP contribution is 2.27. The third kappa shape index (κ3) is 9.19. The lowest BCUT2D eigenvalue weighted by Gasteiger charge is -2.32. The number of nitrogens with two attached hydrogens (primary N) is 1. The van der Waals surface area contributed by atoms with Gasteiger partial charge in [-0.25, -0.2) is 13.1 Å². The maximum Gasteiger partial charge on any atom is 0.241 e. The van der Waals surface area contributed by atoms with Gasteiger partial charge in [0.05, 0.1) is 24.1 Å². The van der Waals surface area contributed by atoms with Gasteiger partial charge in [-0.1, -0.05) is 25.1 Å². The lowest BCUT2D eigenvalue weighted by molar-refractivity contribution is -0.120. The second kappa shape index (κ2) is 14.8. The summed E-state index contributed by atoms with van der Waals surface area (Å²) in [6.45, 7) is 7.05. The first-order valence-electron chi connectivity index (χ1n) is 13.9. The Morgan fingerprint density at radius 2 is 1.95 bits per heavy atom. The van der Waals surface area contributed by atoms with E-state index in [1.165, 1.54) is 11.6 Å². The first kappa shape index (κ1) is 31.9. The molecule has 0 radical (unpaired) electrons. The zero-order valence-corrected chi connectivity index (χ0v) is 24.9. The Labute approximate surface area is 243 Å². The van der Waals surface area contributed by atoms with E-state index in [0.29, 0.717) is 44.7 Å². The van der Waals surface area contributed by atoms with Crippen LogP contribution in [0, 0.1) is 18.3 Å². The maximum atomic E-state index is 12.1. The van der Waals surface area contributed by atoms with Gasteiger partial charge in [0.15, 0.2) is 5.96 Å². The number of rotatable bonds is 10. The van der Waals surface area contributed by atoms with Crippen LogP contribution in [0.25, 0.3) is 0 Å². The Hall–Kier alpha value is -3.64. The van der Waals surface area contributed by atoms with Gasteiger partial charge in [0.25, 0.3) is 0 Å². The lowest BCUT2D eigenvalue weighted by Crippen LogP contribution is -2.45. The molecular weight excluding hydrogens is 544 g/mol. The molecule has 12 heteroatoms. The zero-order chi connectivity index (χ0) is 30.0. The van der Waals surface area contributed by atoms with Gasteiger partial charge < -0.3 is 30.4 Å². The highest BCUT2D eigenvalue weighted by Gasteiger charge is 2.22. The van der Waals surface area contributed by atoms with E-state index in [9.17, 15) is 18.0 Å². The number of carbonyl (C=O) groups is 2. The van der Waals surface area contributed by atoms with Crippen molar-refractivity contribution in [2.24, 2.45) is 11.7 Å². The maximum absolute atomic E-state index is 12.1.